The van der Waals surface area contributed by atoms with Crippen LogP contribution in [0, 0.1) is 5.92 Å². The molecule has 0 fully saturated rings. The van der Waals surface area contributed by atoms with Gasteiger partial charge in [-0.05, 0) is 27.2 Å². The summed E-state index contributed by atoms with van der Waals surface area (Å²) in [6, 6.07) is -0.100. The minimum absolute atomic E-state index is 0.0227. The molecule has 0 saturated carbocycles. The van der Waals surface area contributed by atoms with E-state index in [0.29, 0.717) is 13.2 Å². The Bertz CT molecular complexity index is 181. The number of rotatable bonds is 7. The maximum Gasteiger partial charge on any atom is 0.224 e. The number of ether oxygens (including phenoxy) is 1. The molecule has 4 heteroatoms. The number of hydrogen-bond acceptors (Lipinski definition) is 3. The van der Waals surface area contributed by atoms with E-state index in [1.54, 1.807) is 0 Å². The van der Waals surface area contributed by atoms with E-state index in [0.717, 1.165) is 6.42 Å². The molecule has 0 aliphatic heterocycles. The van der Waals surface area contributed by atoms with E-state index in [-0.39, 0.29) is 24.0 Å². The number of amides is 1. The first-order chi connectivity index (χ1) is 6.95. The molecule has 90 valence electrons. The number of carbonyl (C=O) groups is 1. The first-order valence-electron chi connectivity index (χ1n) is 5.60. The van der Waals surface area contributed by atoms with Crippen molar-refractivity contribution in [3.05, 3.63) is 0 Å². The molecule has 0 aromatic rings. The van der Waals surface area contributed by atoms with E-state index in [9.17, 15) is 4.79 Å². The van der Waals surface area contributed by atoms with Gasteiger partial charge in [0.05, 0.1) is 6.10 Å². The molecule has 2 atom stereocenters. The van der Waals surface area contributed by atoms with Crippen LogP contribution in [0.2, 0.25) is 0 Å². The van der Waals surface area contributed by atoms with Crippen LogP contribution in [0.3, 0.4) is 0 Å². The van der Waals surface area contributed by atoms with Gasteiger partial charge in [0.25, 0.3) is 0 Å². The summed E-state index contributed by atoms with van der Waals surface area (Å²) in [4.78, 5) is 11.4. The average molecular weight is 216 g/mol. The molecule has 0 spiro atoms. The molecule has 2 unspecified atom stereocenters. The van der Waals surface area contributed by atoms with Crippen LogP contribution in [0.1, 0.15) is 34.1 Å². The average Bonchev–Trinajstić information content (AvgIpc) is 2.15. The Labute approximate surface area is 92.6 Å². The quantitative estimate of drug-likeness (QED) is 0.621. The molecule has 3 N–H and O–H groups in total. The lowest BCUT2D eigenvalue weighted by Crippen LogP contribution is -2.39. The lowest BCUT2D eigenvalue weighted by molar-refractivity contribution is -0.124. The zero-order valence-electron chi connectivity index (χ0n) is 10.2. The van der Waals surface area contributed by atoms with Gasteiger partial charge in [0.2, 0.25) is 5.91 Å². The molecule has 4 nitrogen and oxygen atoms in total. The van der Waals surface area contributed by atoms with E-state index in [4.69, 9.17) is 10.5 Å². The first kappa shape index (κ1) is 14.4. The van der Waals surface area contributed by atoms with Crippen LogP contribution in [0.4, 0.5) is 0 Å². The van der Waals surface area contributed by atoms with Gasteiger partial charge in [-0.15, -0.1) is 0 Å². The Morgan fingerprint density at radius 2 is 1.93 bits per heavy atom. The maximum absolute atomic E-state index is 11.4. The largest absolute Gasteiger partial charge is 0.379 e. The van der Waals surface area contributed by atoms with Crippen LogP contribution in [0.5, 0.6) is 0 Å². The van der Waals surface area contributed by atoms with Crippen molar-refractivity contribution in [2.45, 2.75) is 46.3 Å². The van der Waals surface area contributed by atoms with Gasteiger partial charge in [0, 0.05) is 25.1 Å². The first-order valence-corrected chi connectivity index (χ1v) is 5.60. The van der Waals surface area contributed by atoms with Gasteiger partial charge in [-0.25, -0.2) is 0 Å². The second kappa shape index (κ2) is 7.65. The Kier molecular flexibility index (Phi) is 7.34. The van der Waals surface area contributed by atoms with Gasteiger partial charge in [0.15, 0.2) is 0 Å². The molecule has 0 aliphatic rings. The third kappa shape index (κ3) is 7.33. The molecule has 0 radical (unpaired) electrons. The van der Waals surface area contributed by atoms with Crippen molar-refractivity contribution in [1.82, 2.24) is 5.32 Å². The van der Waals surface area contributed by atoms with Crippen molar-refractivity contribution < 1.29 is 9.53 Å². The van der Waals surface area contributed by atoms with E-state index in [1.807, 2.05) is 27.7 Å². The Morgan fingerprint density at radius 1 is 1.33 bits per heavy atom. The highest BCUT2D eigenvalue weighted by molar-refractivity contribution is 5.78. The van der Waals surface area contributed by atoms with Crippen molar-refractivity contribution in [2.75, 3.05) is 13.2 Å². The normalized spacial score (nSPS) is 15.1. The molecule has 0 saturated heterocycles. The molecule has 0 aromatic carbocycles. The highest BCUT2D eigenvalue weighted by Gasteiger charge is 2.15. The summed E-state index contributed by atoms with van der Waals surface area (Å²) in [5, 5.41) is 2.84. The Morgan fingerprint density at radius 3 is 2.40 bits per heavy atom. The van der Waals surface area contributed by atoms with E-state index < -0.39 is 0 Å². The van der Waals surface area contributed by atoms with Crippen molar-refractivity contribution in [2.24, 2.45) is 11.7 Å². The number of hydrogen-bond donors (Lipinski definition) is 2. The molecule has 0 rings (SSSR count). The minimum atomic E-state index is -0.129. The summed E-state index contributed by atoms with van der Waals surface area (Å²) < 4.78 is 5.36. The van der Waals surface area contributed by atoms with Crippen molar-refractivity contribution >= 4 is 5.91 Å². The lowest BCUT2D eigenvalue weighted by Gasteiger charge is -2.15. The highest BCUT2D eigenvalue weighted by Crippen LogP contribution is 1.99. The molecule has 0 bridgehead atoms. The summed E-state index contributed by atoms with van der Waals surface area (Å²) in [7, 11) is 0. The molecular weight excluding hydrogens is 192 g/mol. The van der Waals surface area contributed by atoms with Crippen LogP contribution < -0.4 is 11.1 Å². The van der Waals surface area contributed by atoms with Gasteiger partial charge in [0.1, 0.15) is 0 Å². The van der Waals surface area contributed by atoms with Gasteiger partial charge in [-0.1, -0.05) is 6.92 Å². The maximum atomic E-state index is 11.4. The third-order valence-corrected chi connectivity index (χ3v) is 2.27. The van der Waals surface area contributed by atoms with Crippen LogP contribution in [-0.4, -0.2) is 31.2 Å². The number of carbonyl (C=O) groups excluding carboxylic acids is 1. The van der Waals surface area contributed by atoms with Gasteiger partial charge < -0.3 is 15.8 Å². The smallest absolute Gasteiger partial charge is 0.224 e. The predicted molar refractivity (Wildman–Crippen MR) is 61.5 cm³/mol. The summed E-state index contributed by atoms with van der Waals surface area (Å²) in [6.07, 6.45) is 1.10. The SMILES string of the molecule is CC(C)OCCCNC(=O)C(C)C(C)N. The fraction of sp³-hybridized carbons (Fsp3) is 0.909. The van der Waals surface area contributed by atoms with Gasteiger partial charge in [-0.2, -0.15) is 0 Å². The van der Waals surface area contributed by atoms with E-state index >= 15 is 0 Å². The van der Waals surface area contributed by atoms with Crippen LogP contribution in [-0.2, 0) is 9.53 Å². The third-order valence-electron chi connectivity index (χ3n) is 2.27. The van der Waals surface area contributed by atoms with Gasteiger partial charge >= 0.3 is 0 Å². The Hall–Kier alpha value is -0.610. The topological polar surface area (TPSA) is 64.3 Å². The fourth-order valence-corrected chi connectivity index (χ4v) is 1.00. The number of nitrogens with one attached hydrogen (secondary N) is 1. The Balaban J connectivity index is 3.47. The van der Waals surface area contributed by atoms with Crippen molar-refractivity contribution in [1.29, 1.82) is 0 Å². The monoisotopic (exact) mass is 216 g/mol. The zero-order chi connectivity index (χ0) is 11.8. The van der Waals surface area contributed by atoms with Crippen LogP contribution in [0.25, 0.3) is 0 Å². The zero-order valence-corrected chi connectivity index (χ0v) is 10.2. The predicted octanol–water partition coefficient (Wildman–Crippen LogP) is 0.901. The standard InChI is InChI=1S/C11H24N2O2/c1-8(2)15-7-5-6-13-11(14)9(3)10(4)12/h8-10H,5-7,12H2,1-4H3,(H,13,14). The fourth-order valence-electron chi connectivity index (χ4n) is 1.00. The molecule has 0 heterocycles. The van der Waals surface area contributed by atoms with E-state index in [1.165, 1.54) is 0 Å². The number of nitrogens with two attached hydrogens (primary N) is 1. The van der Waals surface area contributed by atoms with Crippen molar-refractivity contribution in [3.8, 4) is 0 Å². The molecule has 1 amide bonds. The highest BCUT2D eigenvalue weighted by atomic mass is 16.5. The summed E-state index contributed by atoms with van der Waals surface area (Å²) in [6.45, 7) is 9.01. The minimum Gasteiger partial charge on any atom is -0.379 e. The molecule has 15 heavy (non-hydrogen) atoms. The van der Waals surface area contributed by atoms with E-state index in [2.05, 4.69) is 5.32 Å². The summed E-state index contributed by atoms with van der Waals surface area (Å²) in [5.41, 5.74) is 5.62. The van der Waals surface area contributed by atoms with Crippen molar-refractivity contribution in [3.63, 3.8) is 0 Å². The summed E-state index contributed by atoms with van der Waals surface area (Å²) in [5.74, 6) is -0.106. The summed E-state index contributed by atoms with van der Waals surface area (Å²) >= 11 is 0. The molecule has 0 aliphatic carbocycles. The molecular formula is C11H24N2O2. The van der Waals surface area contributed by atoms with Crippen LogP contribution >= 0.6 is 0 Å². The lowest BCUT2D eigenvalue weighted by atomic mass is 10.0. The second-order valence-corrected chi connectivity index (χ2v) is 4.21. The second-order valence-electron chi connectivity index (χ2n) is 4.21. The molecule has 0 aromatic heterocycles. The van der Waals surface area contributed by atoms with Crippen LogP contribution in [0.15, 0.2) is 0 Å². The van der Waals surface area contributed by atoms with Gasteiger partial charge in [-0.3, -0.25) is 4.79 Å².